The van der Waals surface area contributed by atoms with Crippen LogP contribution < -0.4 is 0 Å². The van der Waals surface area contributed by atoms with Crippen LogP contribution in [0.2, 0.25) is 0 Å². The topological polar surface area (TPSA) is 105 Å². The van der Waals surface area contributed by atoms with E-state index in [1.165, 1.54) is 13.8 Å². The SMILES string of the molecule is C=C(C)C(=O)OC1C2=C(C)C(OC(=O)C(C)C)CC(OC(C)=O)C2(C)CC2OC(=O)C(=C)C21. The minimum atomic E-state index is -0.907. The average molecular weight is 461 g/mol. The normalized spacial score (nSPS) is 33.1. The molecule has 8 nitrogen and oxygen atoms in total. The molecule has 1 aliphatic heterocycles. The minimum Gasteiger partial charge on any atom is -0.461 e. The molecule has 2 aliphatic carbocycles. The summed E-state index contributed by atoms with van der Waals surface area (Å²) in [4.78, 5) is 49.4. The Bertz CT molecular complexity index is 957. The van der Waals surface area contributed by atoms with E-state index < -0.39 is 59.6 Å². The first-order chi connectivity index (χ1) is 15.3. The molecule has 0 aromatic heterocycles. The fraction of sp³-hybridized carbons (Fsp3) is 0.600. The molecule has 0 N–H and O–H groups in total. The summed E-state index contributed by atoms with van der Waals surface area (Å²) in [6.45, 7) is 17.6. The Morgan fingerprint density at radius 1 is 1.15 bits per heavy atom. The zero-order chi connectivity index (χ0) is 24.8. The highest BCUT2D eigenvalue weighted by Gasteiger charge is 2.61. The van der Waals surface area contributed by atoms with Crippen molar-refractivity contribution in [1.82, 2.24) is 0 Å². The minimum absolute atomic E-state index is 0.197. The monoisotopic (exact) mass is 460 g/mol. The first kappa shape index (κ1) is 24.7. The van der Waals surface area contributed by atoms with Gasteiger partial charge in [0.2, 0.25) is 0 Å². The highest BCUT2D eigenvalue weighted by molar-refractivity contribution is 5.92. The zero-order valence-electron chi connectivity index (χ0n) is 20.1. The van der Waals surface area contributed by atoms with E-state index in [0.717, 1.165) is 0 Å². The average Bonchev–Trinajstić information content (AvgIpc) is 2.97. The number of hydrogen-bond donors (Lipinski definition) is 0. The van der Waals surface area contributed by atoms with Gasteiger partial charge in [-0.15, -0.1) is 0 Å². The van der Waals surface area contributed by atoms with Gasteiger partial charge < -0.3 is 18.9 Å². The highest BCUT2D eigenvalue weighted by Crippen LogP contribution is 2.57. The van der Waals surface area contributed by atoms with Crippen LogP contribution in [0, 0.1) is 17.3 Å². The van der Waals surface area contributed by atoms with E-state index in [4.69, 9.17) is 18.9 Å². The van der Waals surface area contributed by atoms with Gasteiger partial charge in [0.15, 0.2) is 0 Å². The van der Waals surface area contributed by atoms with Crippen LogP contribution in [-0.4, -0.2) is 48.3 Å². The van der Waals surface area contributed by atoms with Gasteiger partial charge >= 0.3 is 23.9 Å². The van der Waals surface area contributed by atoms with Crippen molar-refractivity contribution in [3.05, 3.63) is 35.5 Å². The summed E-state index contributed by atoms with van der Waals surface area (Å²) in [5.41, 5.74) is 0.968. The second-order valence-corrected chi connectivity index (χ2v) is 9.73. The van der Waals surface area contributed by atoms with Crippen molar-refractivity contribution in [2.75, 3.05) is 0 Å². The van der Waals surface area contributed by atoms with Crippen LogP contribution in [-0.2, 0) is 38.1 Å². The third kappa shape index (κ3) is 4.35. The number of carbonyl (C=O) groups is 4. The molecule has 3 aliphatic rings. The van der Waals surface area contributed by atoms with Gasteiger partial charge in [0.1, 0.15) is 24.4 Å². The Kier molecular flexibility index (Phi) is 6.60. The van der Waals surface area contributed by atoms with E-state index in [2.05, 4.69) is 13.2 Å². The largest absolute Gasteiger partial charge is 0.461 e. The molecule has 3 rings (SSSR count). The summed E-state index contributed by atoms with van der Waals surface area (Å²) in [6, 6.07) is 0. The molecule has 33 heavy (non-hydrogen) atoms. The number of ether oxygens (including phenoxy) is 4. The molecule has 0 spiro atoms. The van der Waals surface area contributed by atoms with E-state index in [0.29, 0.717) is 17.6 Å². The predicted molar refractivity (Wildman–Crippen MR) is 118 cm³/mol. The van der Waals surface area contributed by atoms with Gasteiger partial charge in [0, 0.05) is 29.9 Å². The van der Waals surface area contributed by atoms with E-state index in [-0.39, 0.29) is 23.5 Å². The van der Waals surface area contributed by atoms with E-state index >= 15 is 0 Å². The molecule has 0 aromatic rings. The molecule has 0 radical (unpaired) electrons. The Labute approximate surface area is 194 Å². The summed E-state index contributed by atoms with van der Waals surface area (Å²) in [6.07, 6.45) is -2.27. The maximum atomic E-state index is 12.6. The molecular formula is C25H32O8. The highest BCUT2D eigenvalue weighted by atomic mass is 16.6. The van der Waals surface area contributed by atoms with Crippen molar-refractivity contribution >= 4 is 23.9 Å². The van der Waals surface area contributed by atoms with Gasteiger partial charge in [-0.1, -0.05) is 33.9 Å². The van der Waals surface area contributed by atoms with Crippen molar-refractivity contribution < 1.29 is 38.1 Å². The fourth-order valence-corrected chi connectivity index (χ4v) is 5.15. The van der Waals surface area contributed by atoms with Crippen LogP contribution in [0.3, 0.4) is 0 Å². The van der Waals surface area contributed by atoms with Crippen LogP contribution >= 0.6 is 0 Å². The van der Waals surface area contributed by atoms with Crippen LogP contribution in [0.4, 0.5) is 0 Å². The third-order valence-corrected chi connectivity index (χ3v) is 6.84. The summed E-state index contributed by atoms with van der Waals surface area (Å²) in [5.74, 6) is -3.00. The summed E-state index contributed by atoms with van der Waals surface area (Å²) in [7, 11) is 0. The third-order valence-electron chi connectivity index (χ3n) is 6.84. The smallest absolute Gasteiger partial charge is 0.334 e. The number of rotatable bonds is 5. The fourth-order valence-electron chi connectivity index (χ4n) is 5.15. The first-order valence-corrected chi connectivity index (χ1v) is 11.1. The maximum absolute atomic E-state index is 12.6. The van der Waals surface area contributed by atoms with Gasteiger partial charge in [-0.2, -0.15) is 0 Å². The Morgan fingerprint density at radius 2 is 1.79 bits per heavy atom. The maximum Gasteiger partial charge on any atom is 0.334 e. The van der Waals surface area contributed by atoms with Crippen molar-refractivity contribution in [1.29, 1.82) is 0 Å². The molecule has 1 saturated carbocycles. The van der Waals surface area contributed by atoms with Crippen molar-refractivity contribution in [2.24, 2.45) is 17.3 Å². The predicted octanol–water partition coefficient (Wildman–Crippen LogP) is 3.20. The standard InChI is InChI=1S/C25H32O8/c1-11(2)22(27)31-16-9-18(30-15(7)26)25(8)10-17-19(14(6)24(29)32-17)21(20(25)13(16)5)33-23(28)12(3)4/h11,16-19,21H,3,6,9-10H2,1-2,4-5,7-8H3. The number of carbonyl (C=O) groups excluding carboxylic acids is 4. The van der Waals surface area contributed by atoms with E-state index in [1.807, 2.05) is 13.8 Å². The molecule has 2 fully saturated rings. The molecule has 8 heteroatoms. The van der Waals surface area contributed by atoms with Crippen molar-refractivity contribution in [3.63, 3.8) is 0 Å². The van der Waals surface area contributed by atoms with Crippen LogP contribution in [0.15, 0.2) is 35.5 Å². The van der Waals surface area contributed by atoms with Gasteiger partial charge in [-0.3, -0.25) is 9.59 Å². The quantitative estimate of drug-likeness (QED) is 0.267. The van der Waals surface area contributed by atoms with Gasteiger partial charge in [0.25, 0.3) is 0 Å². The Morgan fingerprint density at radius 3 is 2.33 bits per heavy atom. The van der Waals surface area contributed by atoms with Gasteiger partial charge in [-0.05, 0) is 31.4 Å². The van der Waals surface area contributed by atoms with Crippen LogP contribution in [0.25, 0.3) is 0 Å². The Balaban J connectivity index is 2.17. The number of hydrogen-bond acceptors (Lipinski definition) is 8. The summed E-state index contributed by atoms with van der Waals surface area (Å²) < 4.78 is 22.9. The second-order valence-electron chi connectivity index (χ2n) is 9.73. The zero-order valence-corrected chi connectivity index (χ0v) is 20.1. The first-order valence-electron chi connectivity index (χ1n) is 11.1. The Hall–Kier alpha value is -2.90. The number of fused-ring (bicyclic) bond motifs is 2. The molecule has 0 aromatic carbocycles. The van der Waals surface area contributed by atoms with Crippen molar-refractivity contribution in [3.8, 4) is 0 Å². The lowest BCUT2D eigenvalue weighted by molar-refractivity contribution is -0.172. The molecule has 6 atom stereocenters. The lowest BCUT2D eigenvalue weighted by atomic mass is 9.57. The molecular weight excluding hydrogens is 428 g/mol. The number of esters is 4. The van der Waals surface area contributed by atoms with Crippen LogP contribution in [0.1, 0.15) is 54.4 Å². The molecule has 1 heterocycles. The van der Waals surface area contributed by atoms with E-state index in [1.54, 1.807) is 13.8 Å². The summed E-state index contributed by atoms with van der Waals surface area (Å²) in [5, 5.41) is 0. The van der Waals surface area contributed by atoms with E-state index in [9.17, 15) is 19.2 Å². The van der Waals surface area contributed by atoms with Crippen LogP contribution in [0.5, 0.6) is 0 Å². The molecule has 6 unspecified atom stereocenters. The lowest BCUT2D eigenvalue weighted by Gasteiger charge is -2.52. The second kappa shape index (κ2) is 8.80. The molecule has 0 bridgehead atoms. The molecule has 1 saturated heterocycles. The summed E-state index contributed by atoms with van der Waals surface area (Å²) >= 11 is 0. The molecule has 0 amide bonds. The lowest BCUT2D eigenvalue weighted by Crippen LogP contribution is -2.56. The van der Waals surface area contributed by atoms with Gasteiger partial charge in [-0.25, -0.2) is 9.59 Å². The van der Waals surface area contributed by atoms with Crippen molar-refractivity contribution in [2.45, 2.75) is 78.8 Å². The van der Waals surface area contributed by atoms with Gasteiger partial charge in [0.05, 0.1) is 11.8 Å². The molecule has 180 valence electrons.